The summed E-state index contributed by atoms with van der Waals surface area (Å²) in [5.74, 6) is 0.0451. The van der Waals surface area contributed by atoms with Gasteiger partial charge in [-0.3, -0.25) is 9.58 Å². The van der Waals surface area contributed by atoms with Crippen LogP contribution >= 0.6 is 11.3 Å². The van der Waals surface area contributed by atoms with Crippen LogP contribution in [0.4, 0.5) is 9.18 Å². The molecule has 0 N–H and O–H groups in total. The largest absolute Gasteiger partial charge is 0.496 e. The Morgan fingerprint density at radius 1 is 1.13 bits per heavy atom. The Balaban J connectivity index is 1.32. The Labute approximate surface area is 277 Å². The van der Waals surface area contributed by atoms with Crippen molar-refractivity contribution in [2.75, 3.05) is 33.3 Å². The molecular formula is C36H37FN6O3S. The molecule has 1 fully saturated rings. The smallest absolute Gasteiger partial charge is 0.410 e. The molecule has 47 heavy (non-hydrogen) atoms. The summed E-state index contributed by atoms with van der Waals surface area (Å²) in [5, 5.41) is 4.75. The molecule has 0 unspecified atom stereocenters. The van der Waals surface area contributed by atoms with Gasteiger partial charge in [0.15, 0.2) is 0 Å². The topological polar surface area (TPSA) is 85.6 Å². The third kappa shape index (κ3) is 6.01. The van der Waals surface area contributed by atoms with E-state index in [-0.39, 0.29) is 18.0 Å². The van der Waals surface area contributed by atoms with E-state index in [1.54, 1.807) is 18.1 Å². The minimum atomic E-state index is -0.548. The maximum atomic E-state index is 14.4. The Morgan fingerprint density at radius 3 is 2.72 bits per heavy atom. The van der Waals surface area contributed by atoms with Crippen LogP contribution in [-0.4, -0.2) is 74.5 Å². The summed E-state index contributed by atoms with van der Waals surface area (Å²) < 4.78 is 28.6. The summed E-state index contributed by atoms with van der Waals surface area (Å²) >= 11 is 1.52. The molecule has 0 saturated carbocycles. The maximum Gasteiger partial charge on any atom is 0.410 e. The molecule has 5 heterocycles. The molecule has 7 rings (SSSR count). The van der Waals surface area contributed by atoms with Crippen molar-refractivity contribution in [1.82, 2.24) is 29.5 Å². The van der Waals surface area contributed by atoms with Gasteiger partial charge >= 0.3 is 6.09 Å². The number of amides is 1. The van der Waals surface area contributed by atoms with Gasteiger partial charge in [-0.1, -0.05) is 18.2 Å². The average molecular weight is 653 g/mol. The lowest BCUT2D eigenvalue weighted by atomic mass is 9.94. The summed E-state index contributed by atoms with van der Waals surface area (Å²) in [6, 6.07) is 11.1. The predicted molar refractivity (Wildman–Crippen MR) is 182 cm³/mol. The summed E-state index contributed by atoms with van der Waals surface area (Å²) in [7, 11) is 1.55. The number of hydrogen-bond acceptors (Lipinski definition) is 8. The maximum absolute atomic E-state index is 14.4. The molecule has 2 aliphatic heterocycles. The van der Waals surface area contributed by atoms with E-state index in [9.17, 15) is 9.18 Å². The van der Waals surface area contributed by atoms with Crippen LogP contribution in [0, 0.1) is 5.82 Å². The quantitative estimate of drug-likeness (QED) is 0.170. The van der Waals surface area contributed by atoms with E-state index in [1.807, 2.05) is 55.5 Å². The number of rotatable bonds is 7. The lowest BCUT2D eigenvalue weighted by molar-refractivity contribution is 0.0224. The van der Waals surface area contributed by atoms with Crippen molar-refractivity contribution < 1.29 is 18.7 Å². The number of hydrogen-bond donors (Lipinski definition) is 0. The van der Waals surface area contributed by atoms with E-state index >= 15 is 0 Å². The molecule has 0 atom stereocenters. The lowest BCUT2D eigenvalue weighted by Gasteiger charge is -2.38. The van der Waals surface area contributed by atoms with Crippen molar-refractivity contribution >= 4 is 27.6 Å². The highest BCUT2D eigenvalue weighted by Gasteiger charge is 2.30. The van der Waals surface area contributed by atoms with Crippen LogP contribution < -0.4 is 4.74 Å². The molecule has 3 aromatic heterocycles. The highest BCUT2D eigenvalue weighted by Crippen LogP contribution is 2.45. The molecule has 2 aromatic carbocycles. The summed E-state index contributed by atoms with van der Waals surface area (Å²) in [5.41, 5.74) is 9.13. The number of halogens is 1. The Hall–Kier alpha value is -4.61. The first-order valence-corrected chi connectivity index (χ1v) is 16.6. The highest BCUT2D eigenvalue weighted by atomic mass is 32.1. The van der Waals surface area contributed by atoms with E-state index in [0.29, 0.717) is 25.3 Å². The molecule has 242 valence electrons. The van der Waals surface area contributed by atoms with Crippen LogP contribution in [0.3, 0.4) is 0 Å². The van der Waals surface area contributed by atoms with Crippen LogP contribution in [0.1, 0.15) is 37.9 Å². The van der Waals surface area contributed by atoms with Gasteiger partial charge < -0.3 is 14.4 Å². The second-order valence-corrected chi connectivity index (χ2v) is 13.9. The normalized spacial score (nSPS) is 15.4. The zero-order valence-electron chi connectivity index (χ0n) is 27.0. The molecule has 11 heteroatoms. The van der Waals surface area contributed by atoms with E-state index in [4.69, 9.17) is 24.5 Å². The third-order valence-corrected chi connectivity index (χ3v) is 9.47. The van der Waals surface area contributed by atoms with Gasteiger partial charge in [-0.25, -0.2) is 19.2 Å². The molecule has 0 radical (unpaired) electrons. The average Bonchev–Trinajstić information content (AvgIpc) is 3.71. The second-order valence-electron chi connectivity index (χ2n) is 13.1. The van der Waals surface area contributed by atoms with E-state index in [1.165, 1.54) is 29.0 Å². The minimum Gasteiger partial charge on any atom is -0.496 e. The first-order chi connectivity index (χ1) is 22.6. The van der Waals surface area contributed by atoms with Crippen molar-refractivity contribution in [3.63, 3.8) is 0 Å². The molecule has 0 aliphatic carbocycles. The second kappa shape index (κ2) is 12.2. The lowest BCUT2D eigenvalue weighted by Crippen LogP contribution is -2.47. The van der Waals surface area contributed by atoms with Crippen LogP contribution in [0.5, 0.6) is 5.75 Å². The van der Waals surface area contributed by atoms with E-state index in [2.05, 4.69) is 23.6 Å². The minimum absolute atomic E-state index is 0.264. The fourth-order valence-electron chi connectivity index (χ4n) is 6.34. The van der Waals surface area contributed by atoms with Crippen molar-refractivity contribution in [2.45, 2.75) is 45.4 Å². The van der Waals surface area contributed by atoms with Gasteiger partial charge in [0.25, 0.3) is 0 Å². The number of pyridine rings is 1. The van der Waals surface area contributed by atoms with Gasteiger partial charge in [0.2, 0.25) is 0 Å². The van der Waals surface area contributed by atoms with Crippen LogP contribution in [0.15, 0.2) is 67.0 Å². The van der Waals surface area contributed by atoms with Crippen LogP contribution in [-0.2, 0) is 17.7 Å². The number of likely N-dealkylation sites (tertiary alicyclic amines) is 1. The standard InChI is InChI=1S/C36H37FN6O3S/c1-6-12-41-19-27(20-41)43-18-25(16-39-43)31-30(28-10-9-26(37)15-29(28)45-5)34-33(38-21-47-34)32(40-31)23-7-8-24-17-42(13-11-22(24)14-23)35(44)46-36(2,3)4/h6-10,14-16,18,21,27H,1,11-13,17,19-20H2,2-5H3. The zero-order valence-corrected chi connectivity index (χ0v) is 27.8. The highest BCUT2D eigenvalue weighted by molar-refractivity contribution is 7.17. The van der Waals surface area contributed by atoms with Gasteiger partial charge in [-0.05, 0) is 56.5 Å². The SMILES string of the molecule is C=CCN1CC(n2cc(-c3nc(-c4ccc5c(c4)CCN(C(=O)OC(C)(C)C)C5)c4ncsc4c3-c3ccc(F)cc3OC)cn2)C1. The van der Waals surface area contributed by atoms with Gasteiger partial charge in [-0.15, -0.1) is 17.9 Å². The first-order valence-electron chi connectivity index (χ1n) is 15.7. The van der Waals surface area contributed by atoms with Crippen molar-refractivity contribution in [3.8, 4) is 39.4 Å². The number of carbonyl (C=O) groups excluding carboxylic acids is 1. The predicted octanol–water partition coefficient (Wildman–Crippen LogP) is 7.37. The number of methoxy groups -OCH3 is 1. The molecule has 9 nitrogen and oxygen atoms in total. The van der Waals surface area contributed by atoms with Gasteiger partial charge in [0.05, 0.1) is 40.9 Å². The van der Waals surface area contributed by atoms with E-state index < -0.39 is 5.60 Å². The van der Waals surface area contributed by atoms with Gasteiger partial charge in [0, 0.05) is 67.2 Å². The number of ether oxygens (including phenoxy) is 2. The first kappa shape index (κ1) is 31.0. The summed E-state index contributed by atoms with van der Waals surface area (Å²) in [6.45, 7) is 13.2. The molecular weight excluding hydrogens is 616 g/mol. The van der Waals surface area contributed by atoms with Crippen LogP contribution in [0.2, 0.25) is 0 Å². The number of carbonyl (C=O) groups is 1. The monoisotopic (exact) mass is 652 g/mol. The van der Waals surface area contributed by atoms with Crippen LogP contribution in [0.25, 0.3) is 43.9 Å². The number of aromatic nitrogens is 4. The molecule has 1 saturated heterocycles. The molecule has 0 spiro atoms. The molecule has 0 bridgehead atoms. The Bertz CT molecular complexity index is 1990. The summed E-state index contributed by atoms with van der Waals surface area (Å²) in [4.78, 5) is 26.9. The van der Waals surface area contributed by atoms with Crippen molar-refractivity contribution in [2.24, 2.45) is 0 Å². The number of nitrogens with zero attached hydrogens (tertiary/aromatic N) is 6. The zero-order chi connectivity index (χ0) is 32.9. The van der Waals surface area contributed by atoms with Gasteiger partial charge in [0.1, 0.15) is 22.7 Å². The third-order valence-electron chi connectivity index (χ3n) is 8.63. The fraction of sp³-hybridized carbons (Fsp3) is 0.333. The molecule has 2 aliphatic rings. The van der Waals surface area contributed by atoms with Crippen molar-refractivity contribution in [3.05, 3.63) is 83.9 Å². The Kier molecular flexibility index (Phi) is 8.05. The molecule has 5 aromatic rings. The Morgan fingerprint density at radius 2 is 1.96 bits per heavy atom. The van der Waals surface area contributed by atoms with Crippen molar-refractivity contribution in [1.29, 1.82) is 0 Å². The fourth-order valence-corrected chi connectivity index (χ4v) is 7.19. The number of benzene rings is 2. The van der Waals surface area contributed by atoms with E-state index in [0.717, 1.165) is 69.1 Å². The number of fused-ring (bicyclic) bond motifs is 2. The number of thiazole rings is 1. The summed E-state index contributed by atoms with van der Waals surface area (Å²) in [6.07, 6.45) is 6.22. The molecule has 1 amide bonds. The van der Waals surface area contributed by atoms with Gasteiger partial charge in [-0.2, -0.15) is 5.10 Å².